The Labute approximate surface area is 196 Å². The molecule has 1 N–H and O–H groups in total. The number of rotatable bonds is 5. The first-order valence-corrected chi connectivity index (χ1v) is 13.7. The first-order valence-electron chi connectivity index (χ1n) is 13.7. The third-order valence-corrected chi connectivity index (χ3v) is 12.1. The monoisotopic (exact) mass is 444 g/mol. The highest BCUT2D eigenvalue weighted by molar-refractivity contribution is 5.33. The van der Waals surface area contributed by atoms with Crippen molar-refractivity contribution in [3.8, 4) is 0 Å². The molecule has 0 radical (unpaired) electrons. The third kappa shape index (κ3) is 2.95. The van der Waals surface area contributed by atoms with E-state index in [2.05, 4.69) is 60.6 Å². The van der Waals surface area contributed by atoms with Crippen molar-refractivity contribution in [1.29, 1.82) is 0 Å². The molecule has 3 saturated carbocycles. The molecule has 6 aliphatic rings. The van der Waals surface area contributed by atoms with E-state index in [4.69, 9.17) is 9.78 Å². The second-order valence-corrected chi connectivity index (χ2v) is 13.7. The fourth-order valence-electron chi connectivity index (χ4n) is 9.70. The largest absolute Gasteiger partial charge is 0.393 e. The van der Waals surface area contributed by atoms with Gasteiger partial charge in [0.05, 0.1) is 6.10 Å². The van der Waals surface area contributed by atoms with Gasteiger partial charge >= 0.3 is 0 Å². The van der Waals surface area contributed by atoms with Gasteiger partial charge in [-0.1, -0.05) is 54.5 Å². The molecule has 2 aliphatic heterocycles. The lowest BCUT2D eigenvalue weighted by molar-refractivity contribution is -0.497. The Morgan fingerprint density at radius 2 is 1.66 bits per heavy atom. The van der Waals surface area contributed by atoms with Crippen LogP contribution in [0, 0.1) is 52.3 Å². The zero-order valence-electron chi connectivity index (χ0n) is 21.7. The van der Waals surface area contributed by atoms with Gasteiger partial charge in [-0.2, -0.15) is 0 Å². The molecule has 182 valence electrons. The minimum absolute atomic E-state index is 0.0749. The minimum Gasteiger partial charge on any atom is -0.393 e. The molecular weight excluding hydrogens is 396 g/mol. The SMILES string of the molecule is CC(C)[C@@H](C)[C@@H](C)C[C@@H](C)C1CCC2[C@]1(C)CCC1[C@]23C=C[C@]2(C[C@@H](O)CC[C@]12C)OO3. The van der Waals surface area contributed by atoms with Crippen molar-refractivity contribution in [2.75, 3.05) is 0 Å². The van der Waals surface area contributed by atoms with Crippen molar-refractivity contribution < 1.29 is 14.9 Å². The first kappa shape index (κ1) is 23.4. The molecule has 0 aromatic carbocycles. The molecule has 0 aromatic heterocycles. The van der Waals surface area contributed by atoms with E-state index < -0.39 is 5.60 Å². The highest BCUT2D eigenvalue weighted by Gasteiger charge is 2.74. The molecular formula is C29H48O3. The fraction of sp³-hybridized carbons (Fsp3) is 0.931. The summed E-state index contributed by atoms with van der Waals surface area (Å²) in [5.41, 5.74) is -0.298. The molecule has 32 heavy (non-hydrogen) atoms. The Morgan fingerprint density at radius 3 is 2.31 bits per heavy atom. The van der Waals surface area contributed by atoms with Crippen LogP contribution in [0.25, 0.3) is 0 Å². The third-order valence-electron chi connectivity index (χ3n) is 12.1. The number of hydrogen-bond acceptors (Lipinski definition) is 3. The highest BCUT2D eigenvalue weighted by atomic mass is 17.2. The van der Waals surface area contributed by atoms with Crippen LogP contribution in [0.1, 0.15) is 99.8 Å². The summed E-state index contributed by atoms with van der Waals surface area (Å²) in [6, 6.07) is 0. The molecule has 2 bridgehead atoms. The van der Waals surface area contributed by atoms with E-state index in [1.807, 2.05) is 0 Å². The zero-order valence-corrected chi connectivity index (χ0v) is 21.7. The van der Waals surface area contributed by atoms with Crippen LogP contribution in [-0.4, -0.2) is 22.4 Å². The molecule has 2 spiro atoms. The van der Waals surface area contributed by atoms with Crippen molar-refractivity contribution >= 4 is 0 Å². The number of hydrogen-bond donors (Lipinski definition) is 1. The molecule has 11 atom stereocenters. The number of aliphatic hydroxyl groups is 1. The molecule has 1 saturated heterocycles. The molecule has 4 fully saturated rings. The van der Waals surface area contributed by atoms with E-state index in [9.17, 15) is 5.11 Å². The number of fused-ring (bicyclic) bond motifs is 2. The summed E-state index contributed by atoms with van der Waals surface area (Å²) < 4.78 is 0. The van der Waals surface area contributed by atoms with E-state index in [-0.39, 0.29) is 17.1 Å². The van der Waals surface area contributed by atoms with Crippen LogP contribution in [0.5, 0.6) is 0 Å². The average Bonchev–Trinajstić information content (AvgIpc) is 3.11. The Kier molecular flexibility index (Phi) is 5.52. The van der Waals surface area contributed by atoms with Crippen LogP contribution in [0.4, 0.5) is 0 Å². The van der Waals surface area contributed by atoms with E-state index in [0.29, 0.717) is 23.7 Å². The van der Waals surface area contributed by atoms with Crippen LogP contribution in [0.2, 0.25) is 0 Å². The van der Waals surface area contributed by atoms with Gasteiger partial charge < -0.3 is 5.11 Å². The summed E-state index contributed by atoms with van der Waals surface area (Å²) >= 11 is 0. The molecule has 6 rings (SSSR count). The predicted octanol–water partition coefficient (Wildman–Crippen LogP) is 6.94. The number of aliphatic hydroxyl groups excluding tert-OH is 1. The van der Waals surface area contributed by atoms with E-state index >= 15 is 0 Å². The quantitative estimate of drug-likeness (QED) is 0.368. The molecule has 2 heterocycles. The molecule has 0 aromatic rings. The maximum Gasteiger partial charge on any atom is 0.130 e. The molecule has 3 unspecified atom stereocenters. The van der Waals surface area contributed by atoms with Crippen LogP contribution in [0.15, 0.2) is 12.2 Å². The van der Waals surface area contributed by atoms with Crippen LogP contribution in [-0.2, 0) is 9.78 Å². The summed E-state index contributed by atoms with van der Waals surface area (Å²) in [6.07, 6.45) is 13.6. The Morgan fingerprint density at radius 1 is 0.906 bits per heavy atom. The van der Waals surface area contributed by atoms with Gasteiger partial charge in [-0.25, -0.2) is 9.78 Å². The minimum atomic E-state index is -0.432. The van der Waals surface area contributed by atoms with Crippen molar-refractivity contribution in [2.24, 2.45) is 52.3 Å². The first-order chi connectivity index (χ1) is 15.0. The Balaban J connectivity index is 1.42. The van der Waals surface area contributed by atoms with Crippen molar-refractivity contribution in [2.45, 2.75) is 117 Å². The average molecular weight is 445 g/mol. The maximum absolute atomic E-state index is 10.4. The maximum atomic E-state index is 10.4. The summed E-state index contributed by atoms with van der Waals surface area (Å²) in [4.78, 5) is 12.8. The van der Waals surface area contributed by atoms with Gasteiger partial charge in [0.2, 0.25) is 0 Å². The van der Waals surface area contributed by atoms with Crippen LogP contribution >= 0.6 is 0 Å². The predicted molar refractivity (Wildman–Crippen MR) is 129 cm³/mol. The van der Waals surface area contributed by atoms with Gasteiger partial charge in [-0.3, -0.25) is 0 Å². The van der Waals surface area contributed by atoms with Crippen molar-refractivity contribution in [3.05, 3.63) is 12.2 Å². The fourth-order valence-corrected chi connectivity index (χ4v) is 9.70. The smallest absolute Gasteiger partial charge is 0.130 e. The normalized spacial score (nSPS) is 52.3. The van der Waals surface area contributed by atoms with Gasteiger partial charge in [-0.05, 0) is 86.0 Å². The van der Waals surface area contributed by atoms with Gasteiger partial charge in [0.1, 0.15) is 11.2 Å². The lowest BCUT2D eigenvalue weighted by Crippen LogP contribution is -2.73. The summed E-state index contributed by atoms with van der Waals surface area (Å²) in [7, 11) is 0. The Bertz CT molecular complexity index is 762. The zero-order chi connectivity index (χ0) is 23.1. The van der Waals surface area contributed by atoms with E-state index in [0.717, 1.165) is 42.4 Å². The van der Waals surface area contributed by atoms with Crippen LogP contribution in [0.3, 0.4) is 0 Å². The van der Waals surface area contributed by atoms with E-state index in [1.54, 1.807) is 0 Å². The highest BCUT2D eigenvalue weighted by Crippen LogP contribution is 2.72. The second kappa shape index (κ2) is 7.56. The van der Waals surface area contributed by atoms with Gasteiger partial charge in [0.15, 0.2) is 0 Å². The lowest BCUT2D eigenvalue weighted by Gasteiger charge is -2.69. The van der Waals surface area contributed by atoms with E-state index in [1.165, 1.54) is 32.1 Å². The standard InChI is InChI=1S/C29H48O3/c1-18(2)21(5)19(3)16-20(4)23-8-9-24-26(23,6)12-11-25-27(7)13-10-22(30)17-28(27)14-15-29(24,25)32-31-28/h14-15,18-25,30H,8-13,16-17H2,1-7H3/t19-,20+,21+,22-,23?,24?,25?,26+,27+,28+,29-/m0/s1. The van der Waals surface area contributed by atoms with Crippen molar-refractivity contribution in [1.82, 2.24) is 0 Å². The van der Waals surface area contributed by atoms with Gasteiger partial charge in [0.25, 0.3) is 0 Å². The Hall–Kier alpha value is -0.380. The second-order valence-electron chi connectivity index (χ2n) is 13.7. The summed E-state index contributed by atoms with van der Waals surface area (Å²) in [5, 5.41) is 10.4. The molecule has 3 nitrogen and oxygen atoms in total. The molecule has 4 aliphatic carbocycles. The van der Waals surface area contributed by atoms with Crippen LogP contribution < -0.4 is 0 Å². The van der Waals surface area contributed by atoms with Gasteiger partial charge in [-0.15, -0.1) is 0 Å². The topological polar surface area (TPSA) is 38.7 Å². The van der Waals surface area contributed by atoms with Crippen molar-refractivity contribution in [3.63, 3.8) is 0 Å². The lowest BCUT2D eigenvalue weighted by atomic mass is 9.42. The molecule has 0 amide bonds. The summed E-state index contributed by atoms with van der Waals surface area (Å²) in [5.74, 6) is 4.89. The summed E-state index contributed by atoms with van der Waals surface area (Å²) in [6.45, 7) is 17.2. The molecule has 3 heteroatoms. The van der Waals surface area contributed by atoms with Gasteiger partial charge in [0, 0.05) is 23.7 Å².